The van der Waals surface area contributed by atoms with Crippen LogP contribution in [0.3, 0.4) is 0 Å². The van der Waals surface area contributed by atoms with Crippen LogP contribution in [0.15, 0.2) is 59.8 Å². The maximum atomic E-state index is 14.2. The summed E-state index contributed by atoms with van der Waals surface area (Å²) in [6, 6.07) is 17.0. The second kappa shape index (κ2) is 11.1. The van der Waals surface area contributed by atoms with Crippen LogP contribution in [0.4, 0.5) is 15.9 Å². The van der Waals surface area contributed by atoms with Gasteiger partial charge in [0.1, 0.15) is 16.8 Å². The Kier molecular flexibility index (Phi) is 7.66. The van der Waals surface area contributed by atoms with E-state index in [9.17, 15) is 9.18 Å². The van der Waals surface area contributed by atoms with E-state index in [1.807, 2.05) is 36.4 Å². The van der Waals surface area contributed by atoms with Crippen LogP contribution >= 0.6 is 23.4 Å². The topological polar surface area (TPSA) is 52.6 Å². The molecule has 2 saturated heterocycles. The molecular weight excluding hydrogens is 557 g/mol. The average Bonchev–Trinajstić information content (AvgIpc) is 3.20. The third-order valence-corrected chi connectivity index (χ3v) is 9.81. The zero-order valence-electron chi connectivity index (χ0n) is 23.9. The number of likely N-dealkylation sites (tertiary alicyclic amines) is 1. The summed E-state index contributed by atoms with van der Waals surface area (Å²) < 4.78 is 14.2. The minimum absolute atomic E-state index is 0.147. The minimum Gasteiger partial charge on any atom is -0.366 e. The number of nitrogens with zero attached hydrogens (tertiary/aromatic N) is 5. The van der Waals surface area contributed by atoms with Crippen LogP contribution in [0.1, 0.15) is 56.0 Å². The van der Waals surface area contributed by atoms with Gasteiger partial charge in [0.25, 0.3) is 5.91 Å². The van der Waals surface area contributed by atoms with Gasteiger partial charge < -0.3 is 14.7 Å². The summed E-state index contributed by atoms with van der Waals surface area (Å²) >= 11 is 7.91. The fourth-order valence-corrected chi connectivity index (χ4v) is 8.29. The van der Waals surface area contributed by atoms with Crippen molar-refractivity contribution in [2.45, 2.75) is 57.0 Å². The largest absolute Gasteiger partial charge is 0.366 e. The smallest absolute Gasteiger partial charge is 0.254 e. The van der Waals surface area contributed by atoms with Gasteiger partial charge in [0, 0.05) is 56.1 Å². The molecule has 6 rings (SSSR count). The van der Waals surface area contributed by atoms with Crippen molar-refractivity contribution < 1.29 is 9.18 Å². The van der Waals surface area contributed by atoms with Crippen molar-refractivity contribution in [1.29, 1.82) is 0 Å². The van der Waals surface area contributed by atoms with Crippen molar-refractivity contribution in [1.82, 2.24) is 14.9 Å². The molecule has 3 heterocycles. The van der Waals surface area contributed by atoms with Crippen LogP contribution in [0.5, 0.6) is 0 Å². The molecule has 1 aromatic heterocycles. The maximum absolute atomic E-state index is 14.2. The number of piperazine rings is 1. The molecule has 1 saturated carbocycles. The van der Waals surface area contributed by atoms with Gasteiger partial charge in [-0.25, -0.2) is 14.4 Å². The lowest BCUT2D eigenvalue weighted by Crippen LogP contribution is -2.47. The van der Waals surface area contributed by atoms with Gasteiger partial charge in [-0.05, 0) is 59.9 Å². The number of hydrogen-bond donors (Lipinski definition) is 0. The van der Waals surface area contributed by atoms with Gasteiger partial charge in [-0.2, -0.15) is 0 Å². The van der Waals surface area contributed by atoms with Gasteiger partial charge in [0.05, 0.1) is 5.69 Å². The first-order valence-corrected chi connectivity index (χ1v) is 15.8. The Morgan fingerprint density at radius 3 is 2.44 bits per heavy atom. The average molecular weight is 594 g/mol. The van der Waals surface area contributed by atoms with E-state index < -0.39 is 0 Å². The number of carbonyl (C=O) groups is 1. The predicted molar refractivity (Wildman–Crippen MR) is 164 cm³/mol. The van der Waals surface area contributed by atoms with Crippen molar-refractivity contribution in [3.05, 3.63) is 76.7 Å². The first-order chi connectivity index (χ1) is 19.6. The van der Waals surface area contributed by atoms with Gasteiger partial charge >= 0.3 is 0 Å². The van der Waals surface area contributed by atoms with Crippen molar-refractivity contribution in [2.24, 2.45) is 10.8 Å². The number of aromatic nitrogens is 2. The van der Waals surface area contributed by atoms with Crippen LogP contribution in [0, 0.1) is 16.6 Å². The Morgan fingerprint density at radius 1 is 1.00 bits per heavy atom. The van der Waals surface area contributed by atoms with Crippen LogP contribution in [-0.4, -0.2) is 59.5 Å². The van der Waals surface area contributed by atoms with E-state index in [0.717, 1.165) is 49.4 Å². The molecule has 3 aromatic rings. The molecule has 1 aliphatic carbocycles. The van der Waals surface area contributed by atoms with Crippen LogP contribution in [-0.2, 0) is 5.75 Å². The second-order valence-electron chi connectivity index (χ2n) is 12.9. The predicted octanol–water partition coefficient (Wildman–Crippen LogP) is 6.93. The normalized spacial score (nSPS) is 23.6. The molecule has 3 fully saturated rings. The summed E-state index contributed by atoms with van der Waals surface area (Å²) in [5.74, 6) is 1.41. The Morgan fingerprint density at radius 2 is 1.71 bits per heavy atom. The van der Waals surface area contributed by atoms with Gasteiger partial charge in [-0.1, -0.05) is 68.4 Å². The molecule has 9 heteroatoms. The molecule has 2 aliphatic heterocycles. The third kappa shape index (κ3) is 6.19. The quantitative estimate of drug-likeness (QED) is 0.175. The van der Waals surface area contributed by atoms with Crippen molar-refractivity contribution in [3.63, 3.8) is 0 Å². The Hall–Kier alpha value is -2.84. The maximum Gasteiger partial charge on any atom is 0.254 e. The molecule has 1 amide bonds. The van der Waals surface area contributed by atoms with E-state index in [4.69, 9.17) is 16.6 Å². The molecule has 3 aliphatic rings. The number of halogens is 2. The highest BCUT2D eigenvalue weighted by Gasteiger charge is 2.51. The Balaban J connectivity index is 1.06. The summed E-state index contributed by atoms with van der Waals surface area (Å²) in [6.45, 7) is 10.7. The number of thioether (sulfide) groups is 1. The molecule has 0 spiro atoms. The van der Waals surface area contributed by atoms with E-state index in [2.05, 4.69) is 40.5 Å². The highest BCUT2D eigenvalue weighted by Crippen LogP contribution is 2.52. The van der Waals surface area contributed by atoms with Crippen LogP contribution < -0.4 is 9.80 Å². The lowest BCUT2D eigenvalue weighted by molar-refractivity contribution is 0.0708. The number of para-hydroxylation sites is 1. The zero-order valence-corrected chi connectivity index (χ0v) is 25.5. The third-order valence-electron chi connectivity index (χ3n) is 8.70. The molecule has 2 bridgehead atoms. The summed E-state index contributed by atoms with van der Waals surface area (Å²) in [5, 5.41) is 1.02. The Bertz CT molecular complexity index is 1430. The SMILES string of the molecule is CC1(C)CC2CC(C)(CN2C(=O)c2ccc(CSc3nc(Cl)cc(N4CCN(c5ccccc5F)CC4)n3)cc2)C1. The zero-order chi connectivity index (χ0) is 28.8. The molecule has 0 N–H and O–H groups in total. The van der Waals surface area contributed by atoms with Gasteiger partial charge in [-0.3, -0.25) is 4.79 Å². The number of hydrogen-bond acceptors (Lipinski definition) is 6. The molecule has 2 unspecified atom stereocenters. The van der Waals surface area contributed by atoms with E-state index in [0.29, 0.717) is 40.9 Å². The highest BCUT2D eigenvalue weighted by atomic mass is 35.5. The van der Waals surface area contributed by atoms with E-state index in [1.54, 1.807) is 12.1 Å². The summed E-state index contributed by atoms with van der Waals surface area (Å²) in [7, 11) is 0. The molecule has 0 radical (unpaired) electrons. The first-order valence-electron chi connectivity index (χ1n) is 14.4. The molecule has 41 heavy (non-hydrogen) atoms. The lowest BCUT2D eigenvalue weighted by atomic mass is 9.65. The second-order valence-corrected chi connectivity index (χ2v) is 14.2. The summed E-state index contributed by atoms with van der Waals surface area (Å²) in [6.07, 6.45) is 3.36. The molecule has 216 valence electrons. The van der Waals surface area contributed by atoms with Crippen LogP contribution in [0.2, 0.25) is 5.15 Å². The summed E-state index contributed by atoms with van der Waals surface area (Å²) in [4.78, 5) is 29.0. The number of rotatable bonds is 6. The van der Waals surface area contributed by atoms with Crippen molar-refractivity contribution in [3.8, 4) is 0 Å². The standard InChI is InChI=1S/C32H37ClFN5OS/c1-31(2)17-24-18-32(3,20-31)21-39(24)29(40)23-10-8-22(9-11-23)19-41-30-35-27(33)16-28(36-30)38-14-12-37(13-15-38)26-7-5-4-6-25(26)34/h4-11,16,24H,12-15,17-21H2,1-3H3. The van der Waals surface area contributed by atoms with E-state index in [1.165, 1.54) is 24.2 Å². The number of fused-ring (bicyclic) bond motifs is 2. The molecule has 6 nitrogen and oxygen atoms in total. The van der Waals surface area contributed by atoms with Gasteiger partial charge in [-0.15, -0.1) is 0 Å². The van der Waals surface area contributed by atoms with Crippen molar-refractivity contribution in [2.75, 3.05) is 42.5 Å². The van der Waals surface area contributed by atoms with E-state index >= 15 is 0 Å². The fourth-order valence-electron chi connectivity index (χ4n) is 7.25. The molecule has 2 aromatic carbocycles. The van der Waals surface area contributed by atoms with Gasteiger partial charge in [0.15, 0.2) is 5.16 Å². The minimum atomic E-state index is -0.195. The Labute approximate surface area is 251 Å². The molecular formula is C32H37ClFN5OS. The van der Waals surface area contributed by atoms with Gasteiger partial charge in [0.2, 0.25) is 0 Å². The summed E-state index contributed by atoms with van der Waals surface area (Å²) in [5.41, 5.74) is 3.00. The number of carbonyl (C=O) groups excluding carboxylic acids is 1. The van der Waals surface area contributed by atoms with Crippen LogP contribution in [0.25, 0.3) is 0 Å². The first kappa shape index (κ1) is 28.3. The number of anilines is 2. The number of amides is 1. The van der Waals surface area contributed by atoms with E-state index in [-0.39, 0.29) is 22.6 Å². The van der Waals surface area contributed by atoms with Crippen molar-refractivity contribution >= 4 is 40.8 Å². The fraction of sp³-hybridized carbons (Fsp3) is 0.469. The highest BCUT2D eigenvalue weighted by molar-refractivity contribution is 7.98. The lowest BCUT2D eigenvalue weighted by Gasteiger charge is -2.39. The number of benzene rings is 2. The monoisotopic (exact) mass is 593 g/mol. The molecule has 2 atom stereocenters.